The second kappa shape index (κ2) is 4.25. The fourth-order valence-corrected chi connectivity index (χ4v) is 1.54. The van der Waals surface area contributed by atoms with Crippen LogP contribution in [0.2, 0.25) is 0 Å². The van der Waals surface area contributed by atoms with Crippen molar-refractivity contribution in [2.75, 3.05) is 11.1 Å². The summed E-state index contributed by atoms with van der Waals surface area (Å²) in [7, 11) is 0. The van der Waals surface area contributed by atoms with Gasteiger partial charge >= 0.3 is 0 Å². The summed E-state index contributed by atoms with van der Waals surface area (Å²) in [6, 6.07) is 3.54. The molecule has 0 aliphatic rings. The number of aromatic nitrogens is 3. The third-order valence-corrected chi connectivity index (χ3v) is 2.46. The van der Waals surface area contributed by atoms with E-state index in [-0.39, 0.29) is 11.7 Å². The standard InChI is InChI=1S/C11H13N5O/c1-6-8(4-3-5-13-6)14-11(17)9-7(2)15-16-10(9)12/h3-5H,1-2H3,(H,14,17)(H3,12,15,16). The van der Waals surface area contributed by atoms with Crippen molar-refractivity contribution >= 4 is 17.4 Å². The van der Waals surface area contributed by atoms with Crippen LogP contribution in [0.15, 0.2) is 18.3 Å². The van der Waals surface area contributed by atoms with Gasteiger partial charge in [-0.15, -0.1) is 0 Å². The van der Waals surface area contributed by atoms with Crippen LogP contribution in [0.5, 0.6) is 0 Å². The van der Waals surface area contributed by atoms with E-state index in [4.69, 9.17) is 5.73 Å². The van der Waals surface area contributed by atoms with Gasteiger partial charge in [-0.25, -0.2) is 0 Å². The average molecular weight is 231 g/mol. The smallest absolute Gasteiger partial charge is 0.261 e. The first-order valence-electron chi connectivity index (χ1n) is 5.13. The number of hydrogen-bond acceptors (Lipinski definition) is 4. The Morgan fingerprint density at radius 1 is 1.47 bits per heavy atom. The Bertz CT molecular complexity index is 541. The molecule has 2 rings (SSSR count). The summed E-state index contributed by atoms with van der Waals surface area (Å²) in [5.41, 5.74) is 8.04. The Morgan fingerprint density at radius 3 is 2.82 bits per heavy atom. The van der Waals surface area contributed by atoms with Crippen molar-refractivity contribution in [3.63, 3.8) is 0 Å². The molecule has 4 N–H and O–H groups in total. The van der Waals surface area contributed by atoms with Gasteiger partial charge in [-0.2, -0.15) is 5.10 Å². The first kappa shape index (κ1) is 11.1. The van der Waals surface area contributed by atoms with Crippen LogP contribution < -0.4 is 11.1 Å². The van der Waals surface area contributed by atoms with Gasteiger partial charge in [-0.05, 0) is 26.0 Å². The van der Waals surface area contributed by atoms with E-state index in [1.807, 2.05) is 6.92 Å². The van der Waals surface area contributed by atoms with Crippen molar-refractivity contribution in [2.24, 2.45) is 0 Å². The van der Waals surface area contributed by atoms with Gasteiger partial charge in [0, 0.05) is 11.9 Å². The van der Waals surface area contributed by atoms with Crippen LogP contribution in [0.25, 0.3) is 0 Å². The SMILES string of the molecule is Cc1ncccc1NC(=O)c1c(N)n[nH]c1C. The molecule has 0 aromatic carbocycles. The van der Waals surface area contributed by atoms with E-state index in [9.17, 15) is 4.79 Å². The lowest BCUT2D eigenvalue weighted by atomic mass is 10.2. The molecule has 0 atom stereocenters. The molecule has 0 radical (unpaired) electrons. The topological polar surface area (TPSA) is 96.7 Å². The number of nitrogens with two attached hydrogens (primary N) is 1. The molecule has 0 unspecified atom stereocenters. The van der Waals surface area contributed by atoms with Crippen LogP contribution in [0.3, 0.4) is 0 Å². The summed E-state index contributed by atoms with van der Waals surface area (Å²) in [6.45, 7) is 3.57. The third-order valence-electron chi connectivity index (χ3n) is 2.46. The number of nitrogens with one attached hydrogen (secondary N) is 2. The number of nitrogens with zero attached hydrogens (tertiary/aromatic N) is 2. The number of amides is 1. The zero-order chi connectivity index (χ0) is 12.4. The fourth-order valence-electron chi connectivity index (χ4n) is 1.54. The first-order chi connectivity index (χ1) is 8.09. The molecule has 0 bridgehead atoms. The van der Waals surface area contributed by atoms with E-state index in [0.717, 1.165) is 5.69 Å². The highest BCUT2D eigenvalue weighted by molar-refractivity contribution is 6.08. The second-order valence-corrected chi connectivity index (χ2v) is 3.70. The molecule has 17 heavy (non-hydrogen) atoms. The molecular weight excluding hydrogens is 218 g/mol. The van der Waals surface area contributed by atoms with E-state index in [0.29, 0.717) is 16.9 Å². The Morgan fingerprint density at radius 2 is 2.24 bits per heavy atom. The monoisotopic (exact) mass is 231 g/mol. The van der Waals surface area contributed by atoms with Crippen molar-refractivity contribution in [1.82, 2.24) is 15.2 Å². The Labute approximate surface area is 98.3 Å². The van der Waals surface area contributed by atoms with E-state index < -0.39 is 0 Å². The Balaban J connectivity index is 2.27. The summed E-state index contributed by atoms with van der Waals surface area (Å²) in [5, 5.41) is 9.20. The molecule has 0 saturated carbocycles. The van der Waals surface area contributed by atoms with Crippen molar-refractivity contribution in [2.45, 2.75) is 13.8 Å². The number of carbonyl (C=O) groups excluding carboxylic acids is 1. The van der Waals surface area contributed by atoms with Crippen LogP contribution >= 0.6 is 0 Å². The van der Waals surface area contributed by atoms with Crippen molar-refractivity contribution in [1.29, 1.82) is 0 Å². The van der Waals surface area contributed by atoms with Gasteiger partial charge in [0.2, 0.25) is 0 Å². The number of pyridine rings is 1. The zero-order valence-corrected chi connectivity index (χ0v) is 9.61. The summed E-state index contributed by atoms with van der Waals surface area (Å²) >= 11 is 0. The summed E-state index contributed by atoms with van der Waals surface area (Å²) in [4.78, 5) is 16.1. The van der Waals surface area contributed by atoms with Crippen LogP contribution in [0, 0.1) is 13.8 Å². The summed E-state index contributed by atoms with van der Waals surface area (Å²) in [5.74, 6) is -0.0913. The molecule has 2 heterocycles. The van der Waals surface area contributed by atoms with Gasteiger partial charge in [0.15, 0.2) is 5.82 Å². The lowest BCUT2D eigenvalue weighted by Crippen LogP contribution is -2.15. The molecule has 6 heteroatoms. The highest BCUT2D eigenvalue weighted by Gasteiger charge is 2.16. The molecule has 6 nitrogen and oxygen atoms in total. The molecular formula is C11H13N5O. The Hall–Kier alpha value is -2.37. The molecule has 0 aliphatic heterocycles. The number of rotatable bonds is 2. The average Bonchev–Trinajstić information content (AvgIpc) is 2.62. The maximum atomic E-state index is 12.0. The summed E-state index contributed by atoms with van der Waals surface area (Å²) in [6.07, 6.45) is 1.67. The number of anilines is 2. The minimum absolute atomic E-state index is 0.196. The van der Waals surface area contributed by atoms with Crippen molar-refractivity contribution in [3.05, 3.63) is 35.3 Å². The van der Waals surface area contributed by atoms with Crippen LogP contribution in [-0.4, -0.2) is 21.1 Å². The minimum atomic E-state index is -0.287. The maximum Gasteiger partial charge on any atom is 0.261 e. The zero-order valence-electron chi connectivity index (χ0n) is 9.61. The highest BCUT2D eigenvalue weighted by atomic mass is 16.1. The lowest BCUT2D eigenvalue weighted by molar-refractivity contribution is 0.102. The normalized spacial score (nSPS) is 10.2. The van der Waals surface area contributed by atoms with Gasteiger partial charge in [0.1, 0.15) is 5.56 Å². The molecule has 2 aromatic rings. The van der Waals surface area contributed by atoms with Gasteiger partial charge in [0.05, 0.1) is 11.4 Å². The molecule has 0 aliphatic carbocycles. The van der Waals surface area contributed by atoms with Crippen LogP contribution in [-0.2, 0) is 0 Å². The first-order valence-corrected chi connectivity index (χ1v) is 5.13. The maximum absolute atomic E-state index is 12.0. The molecule has 0 fully saturated rings. The molecule has 0 saturated heterocycles. The molecule has 0 spiro atoms. The van der Waals surface area contributed by atoms with Crippen LogP contribution in [0.4, 0.5) is 11.5 Å². The fraction of sp³-hybridized carbons (Fsp3) is 0.182. The van der Waals surface area contributed by atoms with E-state index in [2.05, 4.69) is 20.5 Å². The molecule has 88 valence electrons. The van der Waals surface area contributed by atoms with Gasteiger partial charge in [0.25, 0.3) is 5.91 Å². The highest BCUT2D eigenvalue weighted by Crippen LogP contribution is 2.16. The quantitative estimate of drug-likeness (QED) is 0.724. The van der Waals surface area contributed by atoms with E-state index >= 15 is 0 Å². The van der Waals surface area contributed by atoms with Crippen LogP contribution in [0.1, 0.15) is 21.7 Å². The number of H-pyrrole nitrogens is 1. The number of nitrogen functional groups attached to an aromatic ring is 1. The molecule has 2 aromatic heterocycles. The van der Waals surface area contributed by atoms with E-state index in [1.54, 1.807) is 25.3 Å². The number of aryl methyl sites for hydroxylation is 2. The second-order valence-electron chi connectivity index (χ2n) is 3.70. The van der Waals surface area contributed by atoms with Crippen molar-refractivity contribution in [3.8, 4) is 0 Å². The van der Waals surface area contributed by atoms with E-state index in [1.165, 1.54) is 0 Å². The number of aromatic amines is 1. The molecule has 1 amide bonds. The summed E-state index contributed by atoms with van der Waals surface area (Å²) < 4.78 is 0. The number of carbonyl (C=O) groups is 1. The van der Waals surface area contributed by atoms with Gasteiger partial charge in [-0.3, -0.25) is 14.9 Å². The van der Waals surface area contributed by atoms with Gasteiger partial charge < -0.3 is 11.1 Å². The largest absolute Gasteiger partial charge is 0.382 e. The minimum Gasteiger partial charge on any atom is -0.382 e. The predicted molar refractivity (Wildman–Crippen MR) is 64.7 cm³/mol. The number of hydrogen-bond donors (Lipinski definition) is 3. The Kier molecular flexibility index (Phi) is 2.78. The predicted octanol–water partition coefficient (Wildman–Crippen LogP) is 1.26. The van der Waals surface area contributed by atoms with Crippen molar-refractivity contribution < 1.29 is 4.79 Å². The third kappa shape index (κ3) is 2.10. The lowest BCUT2D eigenvalue weighted by Gasteiger charge is -2.06. The van der Waals surface area contributed by atoms with Gasteiger partial charge in [-0.1, -0.05) is 0 Å².